The Bertz CT molecular complexity index is 1080. The van der Waals surface area contributed by atoms with Crippen LogP contribution in [0.15, 0.2) is 29.3 Å². The van der Waals surface area contributed by atoms with Gasteiger partial charge in [-0.3, -0.25) is 0 Å². The number of benzene rings is 1. The van der Waals surface area contributed by atoms with E-state index >= 15 is 0 Å². The van der Waals surface area contributed by atoms with Gasteiger partial charge in [0.05, 0.1) is 17.7 Å². The van der Waals surface area contributed by atoms with Crippen molar-refractivity contribution in [3.05, 3.63) is 47.0 Å². The van der Waals surface area contributed by atoms with Crippen LogP contribution in [-0.2, 0) is 16.3 Å². The van der Waals surface area contributed by atoms with Crippen LogP contribution >= 0.6 is 0 Å². The number of halogens is 6. The minimum Gasteiger partial charge on any atom is -0.382 e. The zero-order valence-electron chi connectivity index (χ0n) is 12.9. The van der Waals surface area contributed by atoms with Crippen molar-refractivity contribution in [1.29, 1.82) is 5.26 Å². The summed E-state index contributed by atoms with van der Waals surface area (Å²) >= 11 is 0. The van der Waals surface area contributed by atoms with E-state index in [-0.39, 0.29) is 0 Å². The third-order valence-electron chi connectivity index (χ3n) is 4.14. The smallest absolute Gasteiger partial charge is 0.382 e. The monoisotopic (exact) mass is 410 g/mol. The zero-order chi connectivity index (χ0) is 20.4. The fourth-order valence-corrected chi connectivity index (χ4v) is 3.90. The normalized spacial score (nSPS) is 19.0. The number of nitrogens with zero attached hydrogens (tertiary/aromatic N) is 2. The summed E-state index contributed by atoms with van der Waals surface area (Å²) in [6.45, 7) is 0. The molecule has 0 bridgehead atoms. The van der Waals surface area contributed by atoms with Gasteiger partial charge in [-0.15, -0.1) is 0 Å². The molecule has 0 fully saturated rings. The van der Waals surface area contributed by atoms with Crippen LogP contribution in [0.5, 0.6) is 0 Å². The Kier molecular flexibility index (Phi) is 4.09. The van der Waals surface area contributed by atoms with Gasteiger partial charge in [0, 0.05) is 17.5 Å². The molecule has 1 unspecified atom stereocenters. The number of aliphatic hydroxyl groups excluding tert-OH is 1. The summed E-state index contributed by atoms with van der Waals surface area (Å²) in [6, 6.07) is 4.64. The van der Waals surface area contributed by atoms with Gasteiger partial charge in [0.25, 0.3) is 15.8 Å². The highest BCUT2D eigenvalue weighted by atomic mass is 32.2. The summed E-state index contributed by atoms with van der Waals surface area (Å²) in [5, 5.41) is 18.6. The molecule has 0 spiro atoms. The highest BCUT2D eigenvalue weighted by Crippen LogP contribution is 2.49. The van der Waals surface area contributed by atoms with Crippen LogP contribution < -0.4 is 0 Å². The number of fused-ring (bicyclic) bond motifs is 1. The van der Waals surface area contributed by atoms with Crippen LogP contribution in [0.2, 0.25) is 0 Å². The summed E-state index contributed by atoms with van der Waals surface area (Å²) in [5.41, 5.74) is -8.78. The van der Waals surface area contributed by atoms with Gasteiger partial charge in [0.2, 0.25) is 0 Å². The van der Waals surface area contributed by atoms with E-state index < -0.39 is 67.0 Å². The molecule has 1 atom stereocenters. The predicted octanol–water partition coefficient (Wildman–Crippen LogP) is 3.01. The van der Waals surface area contributed by atoms with E-state index in [2.05, 4.69) is 0 Å². The molecular formula is C15H8F6N2O3S. The Morgan fingerprint density at radius 3 is 2.48 bits per heavy atom. The number of aliphatic hydroxyl groups is 1. The minimum atomic E-state index is -6.10. The van der Waals surface area contributed by atoms with Crippen molar-refractivity contribution < 1.29 is 39.9 Å². The van der Waals surface area contributed by atoms with Crippen LogP contribution in [0.4, 0.5) is 26.3 Å². The Labute approximate surface area is 148 Å². The first-order valence-electron chi connectivity index (χ1n) is 7.13. The molecular weight excluding hydrogens is 402 g/mol. The molecule has 1 aliphatic rings. The third-order valence-corrected chi connectivity index (χ3v) is 5.66. The molecule has 1 aromatic carbocycles. The number of alkyl halides is 5. The number of rotatable bonds is 2. The molecule has 144 valence electrons. The maximum atomic E-state index is 14.4. The zero-order valence-corrected chi connectivity index (χ0v) is 13.7. The summed E-state index contributed by atoms with van der Waals surface area (Å²) in [7, 11) is -6.10. The number of aromatic nitrogens is 1. The lowest BCUT2D eigenvalue weighted by atomic mass is 10.2. The second-order valence-electron chi connectivity index (χ2n) is 5.76. The van der Waals surface area contributed by atoms with Crippen molar-refractivity contribution >= 4 is 9.84 Å². The molecule has 0 amide bonds. The van der Waals surface area contributed by atoms with Gasteiger partial charge < -0.3 is 9.67 Å². The van der Waals surface area contributed by atoms with Gasteiger partial charge >= 0.3 is 5.51 Å². The summed E-state index contributed by atoms with van der Waals surface area (Å²) in [6.07, 6.45) is -3.80. The van der Waals surface area contributed by atoms with Gasteiger partial charge in [-0.1, -0.05) is 6.07 Å². The first-order valence-corrected chi connectivity index (χ1v) is 8.61. The fourth-order valence-electron chi connectivity index (χ4n) is 2.89. The van der Waals surface area contributed by atoms with Gasteiger partial charge in [0.15, 0.2) is 5.82 Å². The van der Waals surface area contributed by atoms with Gasteiger partial charge in [0.1, 0.15) is 17.1 Å². The van der Waals surface area contributed by atoms with Crippen LogP contribution in [0.3, 0.4) is 0 Å². The van der Waals surface area contributed by atoms with Crippen molar-refractivity contribution in [2.45, 2.75) is 28.9 Å². The molecule has 0 saturated carbocycles. The lowest BCUT2D eigenvalue weighted by molar-refractivity contribution is -0.0983. The molecule has 2 aromatic rings. The van der Waals surface area contributed by atoms with E-state index in [4.69, 9.17) is 5.26 Å². The second kappa shape index (κ2) is 5.74. The van der Waals surface area contributed by atoms with Crippen molar-refractivity contribution in [3.8, 4) is 11.8 Å². The first-order chi connectivity index (χ1) is 12.3. The topological polar surface area (TPSA) is 83.1 Å². The Morgan fingerprint density at radius 2 is 1.93 bits per heavy atom. The van der Waals surface area contributed by atoms with E-state index in [0.717, 1.165) is 18.2 Å². The Morgan fingerprint density at radius 1 is 1.30 bits per heavy atom. The molecule has 0 saturated heterocycles. The quantitative estimate of drug-likeness (QED) is 0.772. The largest absolute Gasteiger partial charge is 0.501 e. The number of nitriles is 1. The molecule has 1 aromatic heterocycles. The average Bonchev–Trinajstić information content (AvgIpc) is 3.02. The van der Waals surface area contributed by atoms with Crippen molar-refractivity contribution in [2.75, 3.05) is 0 Å². The average molecular weight is 410 g/mol. The fraction of sp³-hybridized carbons (Fsp3) is 0.267. The van der Waals surface area contributed by atoms with Crippen LogP contribution in [0.1, 0.15) is 22.9 Å². The lowest BCUT2D eigenvalue weighted by Gasteiger charge is -2.16. The van der Waals surface area contributed by atoms with E-state index in [1.807, 2.05) is 0 Å². The molecule has 27 heavy (non-hydrogen) atoms. The van der Waals surface area contributed by atoms with Crippen molar-refractivity contribution in [3.63, 3.8) is 0 Å². The van der Waals surface area contributed by atoms with E-state index in [1.54, 1.807) is 0 Å². The van der Waals surface area contributed by atoms with Crippen LogP contribution in [0.25, 0.3) is 5.69 Å². The maximum absolute atomic E-state index is 14.4. The molecule has 5 nitrogen and oxygen atoms in total. The summed E-state index contributed by atoms with van der Waals surface area (Å²) < 4.78 is 105. The Balaban J connectivity index is 2.37. The molecule has 0 aliphatic heterocycles. The van der Waals surface area contributed by atoms with Gasteiger partial charge in [-0.25, -0.2) is 21.6 Å². The lowest BCUT2D eigenvalue weighted by Crippen LogP contribution is -2.27. The van der Waals surface area contributed by atoms with Crippen molar-refractivity contribution in [1.82, 2.24) is 4.57 Å². The van der Waals surface area contributed by atoms with E-state index in [0.29, 0.717) is 10.8 Å². The van der Waals surface area contributed by atoms with E-state index in [1.165, 1.54) is 6.07 Å². The third kappa shape index (κ3) is 2.69. The maximum Gasteiger partial charge on any atom is 0.501 e. The standard InChI is InChI=1S/C15H8F6N2O3S/c16-12-7(5-22)2-1-3-8(12)23-6-10(27(25,26)15(19,20)21)11-9(23)4-14(17,18)13(11)24/h1-3,6,13,24H,4H2. The molecule has 1 heterocycles. The molecule has 0 radical (unpaired) electrons. The molecule has 3 rings (SSSR count). The highest BCUT2D eigenvalue weighted by molar-refractivity contribution is 7.92. The van der Waals surface area contributed by atoms with Crippen LogP contribution in [0, 0.1) is 17.1 Å². The number of hydrogen-bond acceptors (Lipinski definition) is 4. The summed E-state index contributed by atoms with van der Waals surface area (Å²) in [5.74, 6) is -5.19. The highest BCUT2D eigenvalue weighted by Gasteiger charge is 2.56. The Hall–Kier alpha value is -2.52. The van der Waals surface area contributed by atoms with Gasteiger partial charge in [-0.2, -0.15) is 18.4 Å². The van der Waals surface area contributed by atoms with Crippen molar-refractivity contribution in [2.24, 2.45) is 0 Å². The van der Waals surface area contributed by atoms with E-state index in [9.17, 15) is 39.9 Å². The molecule has 12 heteroatoms. The van der Waals surface area contributed by atoms with Gasteiger partial charge in [-0.05, 0) is 12.1 Å². The van der Waals surface area contributed by atoms with Crippen LogP contribution in [-0.4, -0.2) is 29.5 Å². The number of sulfone groups is 1. The molecule has 1 N–H and O–H groups in total. The molecule has 1 aliphatic carbocycles. The first kappa shape index (κ1) is 19.2. The SMILES string of the molecule is N#Cc1cccc(-n2cc(S(=O)(=O)C(F)(F)F)c3c2CC(F)(F)C3O)c1F. The minimum absolute atomic E-state index is 0.325. The summed E-state index contributed by atoms with van der Waals surface area (Å²) in [4.78, 5) is -1.59. The predicted molar refractivity (Wildman–Crippen MR) is 77.3 cm³/mol. The number of hydrogen-bond donors (Lipinski definition) is 1. The second-order valence-corrected chi connectivity index (χ2v) is 7.67.